The number of nitro groups is 1. The number of nitrogens with zero attached hydrogens (tertiary/aromatic N) is 2. The Morgan fingerprint density at radius 3 is 2.44 bits per heavy atom. The number of carbonyl (C=O) groups is 1. The molecule has 96 valence electrons. The first-order valence-electron chi connectivity index (χ1n) is 5.46. The maximum atomic E-state index is 11.7. The summed E-state index contributed by atoms with van der Waals surface area (Å²) in [5.74, 6) is 0. The zero-order valence-corrected chi connectivity index (χ0v) is 9.83. The van der Waals surface area contributed by atoms with E-state index >= 15 is 0 Å². The van der Waals surface area contributed by atoms with E-state index in [0.29, 0.717) is 18.8 Å². The molecule has 0 aliphatic carbocycles. The van der Waals surface area contributed by atoms with Crippen LogP contribution in [0, 0.1) is 10.1 Å². The molecule has 1 fully saturated rings. The number of non-ortho nitro benzene ring substituents is 1. The second-order valence-electron chi connectivity index (χ2n) is 3.93. The molecule has 0 atom stereocenters. The number of methoxy groups -OCH3 is 1. The lowest BCUT2D eigenvalue weighted by molar-refractivity contribution is -0.384. The number of hydrogen-bond acceptors (Lipinski definition) is 5. The van der Waals surface area contributed by atoms with Crippen LogP contribution in [0.4, 0.5) is 16.2 Å². The lowest BCUT2D eigenvalue weighted by atomic mass is 10.1. The lowest BCUT2D eigenvalue weighted by Crippen LogP contribution is -2.59. The predicted octanol–water partition coefficient (Wildman–Crippen LogP) is 1.14. The molecule has 0 spiro atoms. The van der Waals surface area contributed by atoms with Crippen molar-refractivity contribution in [2.24, 2.45) is 0 Å². The molecule has 1 saturated heterocycles. The quantitative estimate of drug-likeness (QED) is 0.643. The van der Waals surface area contributed by atoms with Gasteiger partial charge in [0.2, 0.25) is 0 Å². The Kier molecular flexibility index (Phi) is 3.42. The average Bonchev–Trinajstić information content (AvgIpc) is 2.32. The van der Waals surface area contributed by atoms with Gasteiger partial charge in [-0.1, -0.05) is 0 Å². The molecule has 1 aliphatic rings. The van der Waals surface area contributed by atoms with E-state index in [2.05, 4.69) is 5.32 Å². The summed E-state index contributed by atoms with van der Waals surface area (Å²) in [6.07, 6.45) is -0.463. The Bertz CT molecular complexity index is 456. The van der Waals surface area contributed by atoms with Crippen LogP contribution >= 0.6 is 0 Å². The zero-order valence-electron chi connectivity index (χ0n) is 9.83. The maximum Gasteiger partial charge on any atom is 0.414 e. The molecule has 1 aromatic rings. The van der Waals surface area contributed by atoms with Crippen molar-refractivity contribution >= 4 is 17.5 Å². The fourth-order valence-corrected chi connectivity index (χ4v) is 1.75. The monoisotopic (exact) mass is 251 g/mol. The van der Waals surface area contributed by atoms with Crippen molar-refractivity contribution in [2.75, 3.05) is 25.1 Å². The first-order chi connectivity index (χ1) is 8.63. The van der Waals surface area contributed by atoms with E-state index in [9.17, 15) is 14.9 Å². The molecule has 1 aromatic carbocycles. The van der Waals surface area contributed by atoms with Gasteiger partial charge in [-0.25, -0.2) is 4.79 Å². The van der Waals surface area contributed by atoms with Crippen molar-refractivity contribution in [1.29, 1.82) is 0 Å². The Morgan fingerprint density at radius 1 is 1.44 bits per heavy atom. The highest BCUT2D eigenvalue weighted by molar-refractivity contribution is 5.88. The van der Waals surface area contributed by atoms with Crippen molar-refractivity contribution in [3.05, 3.63) is 34.4 Å². The second-order valence-corrected chi connectivity index (χ2v) is 3.93. The summed E-state index contributed by atoms with van der Waals surface area (Å²) in [6, 6.07) is 5.87. The van der Waals surface area contributed by atoms with Crippen LogP contribution in [-0.2, 0) is 4.74 Å². The minimum Gasteiger partial charge on any atom is -0.452 e. The maximum absolute atomic E-state index is 11.7. The highest BCUT2D eigenvalue weighted by Gasteiger charge is 2.30. The van der Waals surface area contributed by atoms with E-state index in [1.54, 1.807) is 12.1 Å². The molecule has 0 radical (unpaired) electrons. The fourth-order valence-electron chi connectivity index (χ4n) is 1.75. The number of ether oxygens (including phenoxy) is 1. The molecule has 0 unspecified atom stereocenters. The minimum atomic E-state index is -0.475. The Balaban J connectivity index is 2.24. The summed E-state index contributed by atoms with van der Waals surface area (Å²) in [7, 11) is 1.31. The molecule has 1 heterocycles. The van der Waals surface area contributed by atoms with Gasteiger partial charge < -0.3 is 10.1 Å². The minimum absolute atomic E-state index is 0.00435. The van der Waals surface area contributed by atoms with Crippen LogP contribution in [0.1, 0.15) is 0 Å². The van der Waals surface area contributed by atoms with Crippen LogP contribution in [-0.4, -0.2) is 37.3 Å². The van der Waals surface area contributed by atoms with Crippen LogP contribution in [0.25, 0.3) is 0 Å². The van der Waals surface area contributed by atoms with Crippen molar-refractivity contribution in [1.82, 2.24) is 5.32 Å². The van der Waals surface area contributed by atoms with Crippen molar-refractivity contribution in [2.45, 2.75) is 6.04 Å². The van der Waals surface area contributed by atoms with E-state index in [1.807, 2.05) is 0 Å². The highest BCUT2D eigenvalue weighted by Crippen LogP contribution is 2.23. The summed E-state index contributed by atoms with van der Waals surface area (Å²) in [6.45, 7) is 1.37. The number of benzene rings is 1. The Morgan fingerprint density at radius 2 is 2.06 bits per heavy atom. The summed E-state index contributed by atoms with van der Waals surface area (Å²) < 4.78 is 4.73. The first kappa shape index (κ1) is 12.3. The fraction of sp³-hybridized carbons (Fsp3) is 0.364. The molecule has 2 rings (SSSR count). The third-order valence-electron chi connectivity index (χ3n) is 2.84. The third-order valence-corrected chi connectivity index (χ3v) is 2.84. The number of rotatable bonds is 3. The third kappa shape index (κ3) is 2.25. The van der Waals surface area contributed by atoms with Crippen LogP contribution in [0.2, 0.25) is 0 Å². The first-order valence-corrected chi connectivity index (χ1v) is 5.46. The topological polar surface area (TPSA) is 84.7 Å². The van der Waals surface area contributed by atoms with Crippen LogP contribution in [0.15, 0.2) is 24.3 Å². The number of amides is 1. The molecule has 0 bridgehead atoms. The molecule has 7 nitrogen and oxygen atoms in total. The summed E-state index contributed by atoms with van der Waals surface area (Å²) in [5, 5.41) is 13.6. The highest BCUT2D eigenvalue weighted by atomic mass is 16.6. The van der Waals surface area contributed by atoms with Gasteiger partial charge in [0.15, 0.2) is 0 Å². The number of hydrogen-bond donors (Lipinski definition) is 1. The number of anilines is 1. The predicted molar refractivity (Wildman–Crippen MR) is 64.6 cm³/mol. The molecule has 0 saturated carbocycles. The SMILES string of the molecule is COC(=O)N(c1ccc([N+](=O)[O-])cc1)C1CNC1. The zero-order chi connectivity index (χ0) is 13.1. The molecule has 18 heavy (non-hydrogen) atoms. The van der Waals surface area contributed by atoms with Crippen LogP contribution < -0.4 is 10.2 Å². The van der Waals surface area contributed by atoms with Gasteiger partial charge in [0, 0.05) is 30.9 Å². The standard InChI is InChI=1S/C11H13N3O4/c1-18-11(15)13(10-6-12-7-10)8-2-4-9(5-3-8)14(16)17/h2-5,10,12H,6-7H2,1H3. The van der Waals surface area contributed by atoms with Crippen molar-refractivity contribution in [3.8, 4) is 0 Å². The molecular weight excluding hydrogens is 238 g/mol. The Hall–Kier alpha value is -2.15. The van der Waals surface area contributed by atoms with Gasteiger partial charge in [-0.15, -0.1) is 0 Å². The van der Waals surface area contributed by atoms with Gasteiger partial charge in [-0.3, -0.25) is 15.0 Å². The average molecular weight is 251 g/mol. The van der Waals surface area contributed by atoms with E-state index in [1.165, 1.54) is 24.1 Å². The van der Waals surface area contributed by atoms with Crippen molar-refractivity contribution in [3.63, 3.8) is 0 Å². The molecule has 7 heteroatoms. The van der Waals surface area contributed by atoms with Crippen LogP contribution in [0.3, 0.4) is 0 Å². The van der Waals surface area contributed by atoms with Gasteiger partial charge in [-0.05, 0) is 12.1 Å². The lowest BCUT2D eigenvalue weighted by Gasteiger charge is -2.37. The molecule has 0 aromatic heterocycles. The second kappa shape index (κ2) is 5.01. The van der Waals surface area contributed by atoms with Gasteiger partial charge in [0.05, 0.1) is 18.1 Å². The van der Waals surface area contributed by atoms with Gasteiger partial charge >= 0.3 is 6.09 Å². The van der Waals surface area contributed by atoms with E-state index in [0.717, 1.165) is 0 Å². The summed E-state index contributed by atoms with van der Waals surface area (Å²) in [5.41, 5.74) is 0.592. The summed E-state index contributed by atoms with van der Waals surface area (Å²) >= 11 is 0. The van der Waals surface area contributed by atoms with Gasteiger partial charge in [-0.2, -0.15) is 0 Å². The Labute approximate surface area is 103 Å². The van der Waals surface area contributed by atoms with Gasteiger partial charge in [0.25, 0.3) is 5.69 Å². The molecule has 1 amide bonds. The smallest absolute Gasteiger partial charge is 0.414 e. The largest absolute Gasteiger partial charge is 0.452 e. The van der Waals surface area contributed by atoms with Crippen LogP contribution in [0.5, 0.6) is 0 Å². The molecule has 1 N–H and O–H groups in total. The summed E-state index contributed by atoms with van der Waals surface area (Å²) in [4.78, 5) is 23.3. The van der Waals surface area contributed by atoms with Crippen molar-refractivity contribution < 1.29 is 14.5 Å². The van der Waals surface area contributed by atoms with Gasteiger partial charge in [0.1, 0.15) is 0 Å². The van der Waals surface area contributed by atoms with E-state index in [-0.39, 0.29) is 11.7 Å². The van der Waals surface area contributed by atoms with E-state index < -0.39 is 11.0 Å². The van der Waals surface area contributed by atoms with E-state index in [4.69, 9.17) is 4.74 Å². The number of nitrogens with one attached hydrogen (secondary N) is 1. The normalized spacial score (nSPS) is 14.7. The molecule has 1 aliphatic heterocycles. The number of nitro benzene ring substituents is 1. The molecular formula is C11H13N3O4. The number of carbonyl (C=O) groups excluding carboxylic acids is 1.